The molecule has 88 valence electrons. The van der Waals surface area contributed by atoms with Gasteiger partial charge in [0.05, 0.1) is 12.0 Å². The van der Waals surface area contributed by atoms with E-state index in [0.717, 1.165) is 14.6 Å². The Hall–Kier alpha value is -0.660. The van der Waals surface area contributed by atoms with Crippen LogP contribution in [0.3, 0.4) is 0 Å². The molecule has 1 heterocycles. The minimum Gasteiger partial charge on any atom is -0.338 e. The number of anilines is 2. The van der Waals surface area contributed by atoms with Gasteiger partial charge in [-0.15, -0.1) is 0 Å². The van der Waals surface area contributed by atoms with Crippen LogP contribution in [0.2, 0.25) is 0 Å². The highest BCUT2D eigenvalue weighted by atomic mass is 79.9. The molecule has 2 N–H and O–H groups in total. The molecule has 0 atom stereocenters. The van der Waals surface area contributed by atoms with Crippen LogP contribution in [0.5, 0.6) is 0 Å². The van der Waals surface area contributed by atoms with Crippen LogP contribution >= 0.6 is 47.8 Å². The van der Waals surface area contributed by atoms with E-state index in [2.05, 4.69) is 63.1 Å². The van der Waals surface area contributed by atoms with Crippen LogP contribution in [0.25, 0.3) is 0 Å². The number of nitrogens with one attached hydrogen (secondary N) is 2. The van der Waals surface area contributed by atoms with Crippen LogP contribution < -0.4 is 10.9 Å². The molecule has 0 radical (unpaired) electrons. The van der Waals surface area contributed by atoms with E-state index in [9.17, 15) is 4.79 Å². The predicted octanol–water partition coefficient (Wildman–Crippen LogP) is 3.80. The standard InChI is InChI=1S/C10H6Br3N3O/c11-5-1-2-6(12)7(3-5)16-9-8(13)10(17)15-4-14-9/h1-4H,(H2,14,15,16,17). The van der Waals surface area contributed by atoms with Crippen molar-refractivity contribution in [3.05, 3.63) is 48.3 Å². The van der Waals surface area contributed by atoms with Crippen molar-refractivity contribution in [3.8, 4) is 0 Å². The van der Waals surface area contributed by atoms with Gasteiger partial charge in [-0.25, -0.2) is 4.98 Å². The van der Waals surface area contributed by atoms with Gasteiger partial charge < -0.3 is 10.3 Å². The van der Waals surface area contributed by atoms with Crippen LogP contribution in [0.4, 0.5) is 11.5 Å². The van der Waals surface area contributed by atoms with Crippen molar-refractivity contribution in [3.63, 3.8) is 0 Å². The van der Waals surface area contributed by atoms with Crippen LogP contribution in [0, 0.1) is 0 Å². The highest BCUT2D eigenvalue weighted by Crippen LogP contribution is 2.29. The summed E-state index contributed by atoms with van der Waals surface area (Å²) in [5, 5.41) is 3.07. The van der Waals surface area contributed by atoms with Crippen molar-refractivity contribution in [2.45, 2.75) is 0 Å². The number of nitrogens with zero attached hydrogens (tertiary/aromatic N) is 1. The van der Waals surface area contributed by atoms with Gasteiger partial charge in [-0.3, -0.25) is 4.79 Å². The maximum atomic E-state index is 11.4. The minimum atomic E-state index is -0.228. The van der Waals surface area contributed by atoms with Crippen LogP contribution in [0.15, 0.2) is 42.7 Å². The quantitative estimate of drug-likeness (QED) is 0.772. The molecule has 2 aromatic rings. The molecule has 1 aromatic carbocycles. The normalized spacial score (nSPS) is 10.3. The second kappa shape index (κ2) is 5.32. The number of aromatic nitrogens is 2. The Morgan fingerprint density at radius 3 is 2.76 bits per heavy atom. The van der Waals surface area contributed by atoms with Crippen molar-refractivity contribution >= 4 is 59.3 Å². The summed E-state index contributed by atoms with van der Waals surface area (Å²) in [7, 11) is 0. The first-order chi connectivity index (χ1) is 8.08. The highest BCUT2D eigenvalue weighted by molar-refractivity contribution is 9.11. The third kappa shape index (κ3) is 2.97. The zero-order valence-electron chi connectivity index (χ0n) is 8.30. The van der Waals surface area contributed by atoms with Gasteiger partial charge in [-0.2, -0.15) is 0 Å². The number of hydrogen-bond acceptors (Lipinski definition) is 3. The highest BCUT2D eigenvalue weighted by Gasteiger charge is 2.07. The number of rotatable bonds is 2. The van der Waals surface area contributed by atoms with Gasteiger partial charge in [0.1, 0.15) is 4.47 Å². The molecule has 0 fully saturated rings. The van der Waals surface area contributed by atoms with E-state index in [0.29, 0.717) is 10.3 Å². The molecule has 0 aliphatic heterocycles. The molecule has 0 saturated heterocycles. The van der Waals surface area contributed by atoms with Crippen molar-refractivity contribution in [1.82, 2.24) is 9.97 Å². The van der Waals surface area contributed by atoms with Gasteiger partial charge in [0, 0.05) is 8.95 Å². The Balaban J connectivity index is 2.41. The molecule has 17 heavy (non-hydrogen) atoms. The Morgan fingerprint density at radius 2 is 2.00 bits per heavy atom. The van der Waals surface area contributed by atoms with Crippen molar-refractivity contribution in [1.29, 1.82) is 0 Å². The van der Waals surface area contributed by atoms with E-state index in [1.165, 1.54) is 6.33 Å². The SMILES string of the molecule is O=c1[nH]cnc(Nc2cc(Br)ccc2Br)c1Br. The van der Waals surface area contributed by atoms with Gasteiger partial charge in [0.15, 0.2) is 5.82 Å². The zero-order chi connectivity index (χ0) is 12.4. The summed E-state index contributed by atoms with van der Waals surface area (Å²) in [5.41, 5.74) is 0.590. The monoisotopic (exact) mass is 421 g/mol. The van der Waals surface area contributed by atoms with E-state index < -0.39 is 0 Å². The lowest BCUT2D eigenvalue weighted by Crippen LogP contribution is -2.10. The topological polar surface area (TPSA) is 57.8 Å². The summed E-state index contributed by atoms with van der Waals surface area (Å²) in [6, 6.07) is 5.70. The molecule has 0 aliphatic rings. The van der Waals surface area contributed by atoms with Crippen LogP contribution in [-0.2, 0) is 0 Å². The lowest BCUT2D eigenvalue weighted by Gasteiger charge is -2.08. The molecule has 4 nitrogen and oxygen atoms in total. The molecule has 0 amide bonds. The average Bonchev–Trinajstić information content (AvgIpc) is 2.30. The fourth-order valence-corrected chi connectivity index (χ4v) is 2.21. The molecule has 0 saturated carbocycles. The van der Waals surface area contributed by atoms with Crippen molar-refractivity contribution in [2.75, 3.05) is 5.32 Å². The van der Waals surface area contributed by atoms with E-state index in [1.807, 2.05) is 18.2 Å². The third-order valence-corrected chi connectivity index (χ3v) is 3.90. The van der Waals surface area contributed by atoms with E-state index >= 15 is 0 Å². The molecular weight excluding hydrogens is 418 g/mol. The smallest absolute Gasteiger partial charge is 0.267 e. The summed E-state index contributed by atoms with van der Waals surface area (Å²) in [4.78, 5) is 17.9. The first-order valence-corrected chi connectivity index (χ1v) is 6.91. The van der Waals surface area contributed by atoms with Gasteiger partial charge in [0.25, 0.3) is 5.56 Å². The fourth-order valence-electron chi connectivity index (χ4n) is 1.19. The molecule has 1 aromatic heterocycles. The number of hydrogen-bond donors (Lipinski definition) is 2. The van der Waals surface area contributed by atoms with Gasteiger partial charge in [-0.1, -0.05) is 15.9 Å². The Kier molecular flexibility index (Phi) is 4.01. The lowest BCUT2D eigenvalue weighted by molar-refractivity contribution is 1.10. The number of H-pyrrole nitrogens is 1. The van der Waals surface area contributed by atoms with Crippen LogP contribution in [0.1, 0.15) is 0 Å². The second-order valence-corrected chi connectivity index (χ2v) is 5.71. The fraction of sp³-hybridized carbons (Fsp3) is 0. The number of benzene rings is 1. The minimum absolute atomic E-state index is 0.228. The summed E-state index contributed by atoms with van der Waals surface area (Å²) >= 11 is 9.99. The second-order valence-electron chi connectivity index (χ2n) is 3.14. The summed E-state index contributed by atoms with van der Waals surface area (Å²) in [6.45, 7) is 0. The zero-order valence-corrected chi connectivity index (χ0v) is 13.1. The molecule has 0 unspecified atom stereocenters. The van der Waals surface area contributed by atoms with Gasteiger partial charge in [0.2, 0.25) is 0 Å². The first kappa shape index (κ1) is 12.8. The molecule has 0 bridgehead atoms. The average molecular weight is 424 g/mol. The van der Waals surface area contributed by atoms with Gasteiger partial charge in [-0.05, 0) is 50.1 Å². The Bertz CT molecular complexity index is 612. The first-order valence-electron chi connectivity index (χ1n) is 4.53. The van der Waals surface area contributed by atoms with E-state index in [1.54, 1.807) is 0 Å². The largest absolute Gasteiger partial charge is 0.338 e. The third-order valence-electron chi connectivity index (χ3n) is 1.98. The maximum Gasteiger partial charge on any atom is 0.267 e. The summed E-state index contributed by atoms with van der Waals surface area (Å²) < 4.78 is 2.19. The molecule has 7 heteroatoms. The van der Waals surface area contributed by atoms with Crippen molar-refractivity contribution in [2.24, 2.45) is 0 Å². The number of aromatic amines is 1. The summed E-state index contributed by atoms with van der Waals surface area (Å²) in [5.74, 6) is 0.465. The maximum absolute atomic E-state index is 11.4. The lowest BCUT2D eigenvalue weighted by atomic mass is 10.3. The van der Waals surface area contributed by atoms with E-state index in [-0.39, 0.29) is 5.56 Å². The molecule has 0 aliphatic carbocycles. The molecular formula is C10H6Br3N3O. The van der Waals surface area contributed by atoms with E-state index in [4.69, 9.17) is 0 Å². The molecule has 0 spiro atoms. The summed E-state index contributed by atoms with van der Waals surface area (Å²) in [6.07, 6.45) is 1.35. The predicted molar refractivity (Wildman–Crippen MR) is 77.7 cm³/mol. The van der Waals surface area contributed by atoms with Crippen LogP contribution in [-0.4, -0.2) is 9.97 Å². The Morgan fingerprint density at radius 1 is 1.24 bits per heavy atom. The van der Waals surface area contributed by atoms with Gasteiger partial charge >= 0.3 is 0 Å². The van der Waals surface area contributed by atoms with Crippen molar-refractivity contribution < 1.29 is 0 Å². The molecule has 2 rings (SSSR count). The Labute approximate surface area is 122 Å². The number of halogens is 3.